The first kappa shape index (κ1) is 25.1. The number of rotatable bonds is 7. The number of aliphatic imine (C=N–C) groups is 1. The summed E-state index contributed by atoms with van der Waals surface area (Å²) in [5, 5.41) is 0.615. The largest absolute Gasteiger partial charge is 0.490 e. The molecule has 1 aliphatic rings. The molecule has 0 N–H and O–H groups in total. The number of anilines is 1. The molecule has 3 aromatic rings. The van der Waals surface area contributed by atoms with Gasteiger partial charge in [-0.05, 0) is 103 Å². The lowest BCUT2D eigenvalue weighted by molar-refractivity contribution is -0.113. The molecule has 1 saturated heterocycles. The molecule has 0 atom stereocenters. The van der Waals surface area contributed by atoms with Crippen LogP contribution in [0.4, 0.5) is 11.4 Å². The van der Waals surface area contributed by atoms with Crippen LogP contribution in [0.3, 0.4) is 0 Å². The van der Waals surface area contributed by atoms with Crippen LogP contribution in [0.15, 0.2) is 75.0 Å². The van der Waals surface area contributed by atoms with E-state index in [-0.39, 0.29) is 5.91 Å². The lowest BCUT2D eigenvalue weighted by Crippen LogP contribution is -2.28. The summed E-state index contributed by atoms with van der Waals surface area (Å²) in [5.41, 5.74) is 4.70. The Labute approximate surface area is 219 Å². The van der Waals surface area contributed by atoms with Crippen molar-refractivity contribution in [1.29, 1.82) is 0 Å². The number of hydrogen-bond acceptors (Lipinski definition) is 5. The second-order valence-corrected chi connectivity index (χ2v) is 9.88. The van der Waals surface area contributed by atoms with E-state index in [0.29, 0.717) is 34.8 Å². The Bertz CT molecular complexity index is 1280. The van der Waals surface area contributed by atoms with E-state index in [0.717, 1.165) is 32.5 Å². The Kier molecular flexibility index (Phi) is 7.98. The Morgan fingerprint density at radius 2 is 1.57 bits per heavy atom. The summed E-state index contributed by atoms with van der Waals surface area (Å²) in [6.07, 6.45) is 1.87. The van der Waals surface area contributed by atoms with E-state index in [4.69, 9.17) is 14.5 Å². The van der Waals surface area contributed by atoms with Gasteiger partial charge in [-0.3, -0.25) is 9.69 Å². The smallest absolute Gasteiger partial charge is 0.271 e. The van der Waals surface area contributed by atoms with Crippen molar-refractivity contribution < 1.29 is 14.3 Å². The zero-order valence-corrected chi connectivity index (χ0v) is 22.6. The number of hydrogen-bond donors (Lipinski definition) is 0. The van der Waals surface area contributed by atoms with E-state index < -0.39 is 0 Å². The van der Waals surface area contributed by atoms with E-state index in [1.165, 1.54) is 11.8 Å². The van der Waals surface area contributed by atoms with Crippen LogP contribution in [0.1, 0.15) is 30.5 Å². The fraction of sp³-hybridized carbons (Fsp3) is 0.214. The van der Waals surface area contributed by atoms with Gasteiger partial charge < -0.3 is 9.47 Å². The first-order valence-electron chi connectivity index (χ1n) is 11.4. The third kappa shape index (κ3) is 5.80. The molecule has 0 radical (unpaired) electrons. The van der Waals surface area contributed by atoms with Gasteiger partial charge in [-0.15, -0.1) is 0 Å². The zero-order chi connectivity index (χ0) is 24.9. The van der Waals surface area contributed by atoms with Crippen LogP contribution < -0.4 is 14.4 Å². The van der Waals surface area contributed by atoms with Gasteiger partial charge in [-0.25, -0.2) is 4.99 Å². The number of halogens is 1. The minimum Gasteiger partial charge on any atom is -0.490 e. The Morgan fingerprint density at radius 3 is 2.20 bits per heavy atom. The maximum absolute atomic E-state index is 13.6. The molecule has 0 bridgehead atoms. The lowest BCUT2D eigenvalue weighted by Gasteiger charge is -2.16. The molecule has 1 heterocycles. The minimum atomic E-state index is -0.118. The fourth-order valence-corrected chi connectivity index (χ4v) is 5.15. The zero-order valence-electron chi connectivity index (χ0n) is 20.2. The number of aryl methyl sites for hydroxylation is 2. The van der Waals surface area contributed by atoms with E-state index in [2.05, 4.69) is 15.9 Å². The molecule has 35 heavy (non-hydrogen) atoms. The maximum Gasteiger partial charge on any atom is 0.271 e. The van der Waals surface area contributed by atoms with Crippen molar-refractivity contribution >= 4 is 56.2 Å². The lowest BCUT2D eigenvalue weighted by atomic mass is 10.1. The predicted molar refractivity (Wildman–Crippen MR) is 149 cm³/mol. The summed E-state index contributed by atoms with van der Waals surface area (Å²) in [4.78, 5) is 20.7. The summed E-state index contributed by atoms with van der Waals surface area (Å²) < 4.78 is 12.3. The second kappa shape index (κ2) is 11.1. The van der Waals surface area contributed by atoms with Gasteiger partial charge in [-0.1, -0.05) is 35.4 Å². The number of carbonyl (C=O) groups excluding carboxylic acids is 1. The van der Waals surface area contributed by atoms with Crippen LogP contribution in [0.5, 0.6) is 11.5 Å². The SMILES string of the molecule is CCOc1cc(/C=C2\SC(=Nc3ccc(C)cc3)N(c3ccc(C)cc3)C2=O)cc(Br)c1OCC. The third-order valence-electron chi connectivity index (χ3n) is 5.28. The van der Waals surface area contributed by atoms with Crippen molar-refractivity contribution in [3.8, 4) is 11.5 Å². The molecule has 0 aliphatic carbocycles. The fourth-order valence-electron chi connectivity index (χ4n) is 3.57. The molecular weight excluding hydrogens is 524 g/mol. The van der Waals surface area contributed by atoms with Gasteiger partial charge in [-0.2, -0.15) is 0 Å². The molecule has 5 nitrogen and oxygen atoms in total. The Hall–Kier alpha value is -3.03. The molecule has 0 spiro atoms. The summed E-state index contributed by atoms with van der Waals surface area (Å²) in [7, 11) is 0. The van der Waals surface area contributed by atoms with Crippen molar-refractivity contribution in [2.75, 3.05) is 18.1 Å². The van der Waals surface area contributed by atoms with Crippen LogP contribution in [0, 0.1) is 13.8 Å². The van der Waals surface area contributed by atoms with Crippen molar-refractivity contribution in [2.45, 2.75) is 27.7 Å². The summed E-state index contributed by atoms with van der Waals surface area (Å²) >= 11 is 4.95. The van der Waals surface area contributed by atoms with Gasteiger partial charge >= 0.3 is 0 Å². The highest BCUT2D eigenvalue weighted by molar-refractivity contribution is 9.10. The minimum absolute atomic E-state index is 0.118. The molecule has 0 unspecified atom stereocenters. The molecule has 3 aromatic carbocycles. The van der Waals surface area contributed by atoms with Gasteiger partial charge in [0.05, 0.1) is 34.0 Å². The monoisotopic (exact) mass is 550 g/mol. The van der Waals surface area contributed by atoms with E-state index in [9.17, 15) is 4.79 Å². The van der Waals surface area contributed by atoms with Crippen molar-refractivity contribution in [3.63, 3.8) is 0 Å². The van der Waals surface area contributed by atoms with Gasteiger partial charge in [0.25, 0.3) is 5.91 Å². The molecule has 7 heteroatoms. The van der Waals surface area contributed by atoms with E-state index in [1.807, 2.05) is 94.4 Å². The molecule has 4 rings (SSSR count). The first-order chi connectivity index (χ1) is 16.9. The average Bonchev–Trinajstić information content (AvgIpc) is 3.13. The Morgan fingerprint density at radius 1 is 0.943 bits per heavy atom. The third-order valence-corrected chi connectivity index (χ3v) is 6.83. The summed E-state index contributed by atoms with van der Waals surface area (Å²) in [6.45, 7) is 8.96. The van der Waals surface area contributed by atoms with Crippen LogP contribution >= 0.6 is 27.7 Å². The number of benzene rings is 3. The van der Waals surface area contributed by atoms with Crippen LogP contribution in [0.25, 0.3) is 6.08 Å². The van der Waals surface area contributed by atoms with Crippen molar-refractivity contribution in [1.82, 2.24) is 0 Å². The molecule has 1 fully saturated rings. The van der Waals surface area contributed by atoms with Crippen LogP contribution in [0.2, 0.25) is 0 Å². The van der Waals surface area contributed by atoms with Gasteiger partial charge in [0, 0.05) is 0 Å². The van der Waals surface area contributed by atoms with E-state index >= 15 is 0 Å². The number of amides is 1. The highest BCUT2D eigenvalue weighted by Crippen LogP contribution is 2.41. The number of ether oxygens (including phenoxy) is 2. The topological polar surface area (TPSA) is 51.1 Å². The summed E-state index contributed by atoms with van der Waals surface area (Å²) in [5.74, 6) is 1.17. The number of carbonyl (C=O) groups is 1. The molecule has 1 amide bonds. The van der Waals surface area contributed by atoms with Crippen molar-refractivity contribution in [2.24, 2.45) is 4.99 Å². The average molecular weight is 552 g/mol. The highest BCUT2D eigenvalue weighted by atomic mass is 79.9. The standard InChI is InChI=1S/C28H27BrN2O3S/c1-5-33-24-16-20(15-23(29)26(24)34-6-2)17-25-27(32)31(22-13-9-19(4)10-14-22)28(35-25)30-21-11-7-18(3)8-12-21/h7-17H,5-6H2,1-4H3/b25-17-,30-28?. The maximum atomic E-state index is 13.6. The Balaban J connectivity index is 1.76. The number of amidine groups is 1. The summed E-state index contributed by atoms with van der Waals surface area (Å²) in [6, 6.07) is 19.7. The normalized spacial score (nSPS) is 15.8. The number of nitrogens with zero attached hydrogens (tertiary/aromatic N) is 2. The predicted octanol–water partition coefficient (Wildman–Crippen LogP) is 7.67. The molecule has 0 aromatic heterocycles. The quantitative estimate of drug-likeness (QED) is 0.283. The molecule has 0 saturated carbocycles. The molecule has 180 valence electrons. The second-order valence-electron chi connectivity index (χ2n) is 8.01. The van der Waals surface area contributed by atoms with E-state index in [1.54, 1.807) is 4.90 Å². The van der Waals surface area contributed by atoms with Gasteiger partial charge in [0.1, 0.15) is 0 Å². The molecule has 1 aliphatic heterocycles. The van der Waals surface area contributed by atoms with Gasteiger partial charge in [0.2, 0.25) is 0 Å². The highest BCUT2D eigenvalue weighted by Gasteiger charge is 2.35. The number of thioether (sulfide) groups is 1. The van der Waals surface area contributed by atoms with Crippen LogP contribution in [-0.4, -0.2) is 24.3 Å². The first-order valence-corrected chi connectivity index (χ1v) is 13.1. The molecular formula is C28H27BrN2O3S. The van der Waals surface area contributed by atoms with Crippen molar-refractivity contribution in [3.05, 3.63) is 86.7 Å². The van der Waals surface area contributed by atoms with Crippen LogP contribution in [-0.2, 0) is 4.79 Å². The van der Waals surface area contributed by atoms with Gasteiger partial charge in [0.15, 0.2) is 16.7 Å².